The first kappa shape index (κ1) is 23.3. The number of nitrogens with zero attached hydrogens (tertiary/aromatic N) is 1. The van der Waals surface area contributed by atoms with Gasteiger partial charge in [-0.2, -0.15) is 4.31 Å². The third-order valence-electron chi connectivity index (χ3n) is 5.76. The van der Waals surface area contributed by atoms with E-state index in [0.717, 1.165) is 30.6 Å². The molecule has 0 bridgehead atoms. The Hall–Kier alpha value is -2.38. The number of piperidine rings is 1. The standard InChI is InChI=1S/C24H32N2O4S/c1-19-7-13-23(14-8-19)31(28,29)26-17-15-21(16-18-26)25-24(27)6-4-3-5-20-9-11-22(30-2)12-10-20/h7-14,21H,3-6,15-18H2,1-2H3,(H,25,27). The summed E-state index contributed by atoms with van der Waals surface area (Å²) in [5.41, 5.74) is 2.27. The van der Waals surface area contributed by atoms with E-state index in [1.807, 2.05) is 31.2 Å². The highest BCUT2D eigenvalue weighted by atomic mass is 32.2. The summed E-state index contributed by atoms with van der Waals surface area (Å²) in [6, 6.07) is 15.0. The first-order valence-corrected chi connectivity index (χ1v) is 12.3. The zero-order chi connectivity index (χ0) is 22.3. The highest BCUT2D eigenvalue weighted by molar-refractivity contribution is 7.89. The van der Waals surface area contributed by atoms with Gasteiger partial charge in [0.05, 0.1) is 12.0 Å². The van der Waals surface area contributed by atoms with Crippen molar-refractivity contribution >= 4 is 15.9 Å². The summed E-state index contributed by atoms with van der Waals surface area (Å²) in [7, 11) is -1.81. The minimum atomic E-state index is -3.47. The summed E-state index contributed by atoms with van der Waals surface area (Å²) in [5.74, 6) is 0.899. The Morgan fingerprint density at radius 1 is 1.03 bits per heavy atom. The van der Waals surface area contributed by atoms with Gasteiger partial charge in [0.1, 0.15) is 5.75 Å². The van der Waals surface area contributed by atoms with Crippen LogP contribution in [0.15, 0.2) is 53.4 Å². The lowest BCUT2D eigenvalue weighted by Crippen LogP contribution is -2.46. The van der Waals surface area contributed by atoms with Crippen LogP contribution in [-0.4, -0.2) is 44.9 Å². The maximum atomic E-state index is 12.8. The smallest absolute Gasteiger partial charge is 0.243 e. The molecule has 2 aromatic carbocycles. The molecule has 0 aromatic heterocycles. The number of hydrogen-bond donors (Lipinski definition) is 1. The van der Waals surface area contributed by atoms with Gasteiger partial charge in [0.2, 0.25) is 15.9 Å². The van der Waals surface area contributed by atoms with Crippen LogP contribution in [0.4, 0.5) is 0 Å². The Labute approximate surface area is 185 Å². The number of unbranched alkanes of at least 4 members (excludes halogenated alkanes) is 1. The minimum Gasteiger partial charge on any atom is -0.497 e. The zero-order valence-corrected chi connectivity index (χ0v) is 19.2. The van der Waals surface area contributed by atoms with Crippen LogP contribution in [0.3, 0.4) is 0 Å². The quantitative estimate of drug-likeness (QED) is 0.599. The maximum absolute atomic E-state index is 12.8. The van der Waals surface area contributed by atoms with Crippen molar-refractivity contribution in [3.05, 3.63) is 59.7 Å². The van der Waals surface area contributed by atoms with Gasteiger partial charge in [-0.05, 0) is 68.9 Å². The molecule has 0 atom stereocenters. The van der Waals surface area contributed by atoms with Crippen molar-refractivity contribution in [3.63, 3.8) is 0 Å². The Kier molecular flexibility index (Phi) is 8.09. The first-order valence-electron chi connectivity index (χ1n) is 10.9. The highest BCUT2D eigenvalue weighted by Gasteiger charge is 2.29. The van der Waals surface area contributed by atoms with Crippen LogP contribution in [0.1, 0.15) is 43.2 Å². The molecule has 0 unspecified atom stereocenters. The fourth-order valence-corrected chi connectivity index (χ4v) is 5.28. The number of carbonyl (C=O) groups is 1. The third-order valence-corrected chi connectivity index (χ3v) is 7.67. The summed E-state index contributed by atoms with van der Waals surface area (Å²) >= 11 is 0. The number of aryl methyl sites for hydroxylation is 2. The van der Waals surface area contributed by atoms with E-state index in [0.29, 0.717) is 37.2 Å². The molecule has 1 fully saturated rings. The van der Waals surface area contributed by atoms with Gasteiger partial charge in [0, 0.05) is 25.6 Å². The molecule has 1 amide bonds. The molecule has 7 heteroatoms. The maximum Gasteiger partial charge on any atom is 0.243 e. The molecule has 0 spiro atoms. The van der Waals surface area contributed by atoms with Crippen LogP contribution >= 0.6 is 0 Å². The predicted octanol–water partition coefficient (Wildman–Crippen LogP) is 3.69. The average molecular weight is 445 g/mol. The van der Waals surface area contributed by atoms with E-state index < -0.39 is 10.0 Å². The Balaban J connectivity index is 1.37. The second kappa shape index (κ2) is 10.8. The van der Waals surface area contributed by atoms with Crippen LogP contribution in [0.5, 0.6) is 5.75 Å². The van der Waals surface area contributed by atoms with Gasteiger partial charge in [-0.15, -0.1) is 0 Å². The van der Waals surface area contributed by atoms with Gasteiger partial charge in [-0.3, -0.25) is 4.79 Å². The van der Waals surface area contributed by atoms with Gasteiger partial charge in [0.25, 0.3) is 0 Å². The summed E-state index contributed by atoms with van der Waals surface area (Å²) < 4.78 is 32.3. The second-order valence-electron chi connectivity index (χ2n) is 8.11. The van der Waals surface area contributed by atoms with Gasteiger partial charge < -0.3 is 10.1 Å². The number of hydrogen-bond acceptors (Lipinski definition) is 4. The molecular formula is C24H32N2O4S. The van der Waals surface area contributed by atoms with Gasteiger partial charge in [-0.25, -0.2) is 8.42 Å². The molecule has 0 radical (unpaired) electrons. The monoisotopic (exact) mass is 444 g/mol. The number of nitrogens with one attached hydrogen (secondary N) is 1. The predicted molar refractivity (Wildman–Crippen MR) is 122 cm³/mol. The van der Waals surface area contributed by atoms with E-state index in [1.54, 1.807) is 19.2 Å². The van der Waals surface area contributed by atoms with Crippen LogP contribution in [-0.2, 0) is 21.2 Å². The summed E-state index contributed by atoms with van der Waals surface area (Å²) in [6.07, 6.45) is 4.50. The van der Waals surface area contributed by atoms with E-state index in [2.05, 4.69) is 17.4 Å². The molecule has 1 N–H and O–H groups in total. The number of ether oxygens (including phenoxy) is 1. The summed E-state index contributed by atoms with van der Waals surface area (Å²) in [6.45, 7) is 2.79. The van der Waals surface area contributed by atoms with Gasteiger partial charge in [-0.1, -0.05) is 29.8 Å². The van der Waals surface area contributed by atoms with Crippen molar-refractivity contribution in [2.75, 3.05) is 20.2 Å². The summed E-state index contributed by atoms with van der Waals surface area (Å²) in [4.78, 5) is 12.6. The minimum absolute atomic E-state index is 0.0403. The van der Waals surface area contributed by atoms with Gasteiger partial charge in [0.15, 0.2) is 0 Å². The van der Waals surface area contributed by atoms with Gasteiger partial charge >= 0.3 is 0 Å². The van der Waals surface area contributed by atoms with Crippen LogP contribution in [0, 0.1) is 6.92 Å². The lowest BCUT2D eigenvalue weighted by Gasteiger charge is -2.31. The molecule has 3 rings (SSSR count). The number of rotatable bonds is 9. The number of benzene rings is 2. The SMILES string of the molecule is COc1ccc(CCCCC(=O)NC2CCN(S(=O)(=O)c3ccc(C)cc3)CC2)cc1. The fourth-order valence-electron chi connectivity index (χ4n) is 3.81. The topological polar surface area (TPSA) is 75.7 Å². The van der Waals surface area contributed by atoms with Crippen molar-refractivity contribution in [2.24, 2.45) is 0 Å². The second-order valence-corrected chi connectivity index (χ2v) is 10.1. The Morgan fingerprint density at radius 3 is 2.29 bits per heavy atom. The van der Waals surface area contributed by atoms with Crippen molar-refractivity contribution in [3.8, 4) is 5.75 Å². The number of carbonyl (C=O) groups excluding carboxylic acids is 1. The van der Waals surface area contributed by atoms with E-state index in [-0.39, 0.29) is 11.9 Å². The third kappa shape index (κ3) is 6.55. The fraction of sp³-hybridized carbons (Fsp3) is 0.458. The highest BCUT2D eigenvalue weighted by Crippen LogP contribution is 2.21. The number of methoxy groups -OCH3 is 1. The average Bonchev–Trinajstić information content (AvgIpc) is 2.78. The Bertz CT molecular complexity index is 948. The van der Waals surface area contributed by atoms with Crippen LogP contribution < -0.4 is 10.1 Å². The van der Waals surface area contributed by atoms with E-state index >= 15 is 0 Å². The molecule has 2 aromatic rings. The largest absolute Gasteiger partial charge is 0.497 e. The normalized spacial score (nSPS) is 15.5. The summed E-state index contributed by atoms with van der Waals surface area (Å²) in [5, 5.41) is 3.07. The van der Waals surface area contributed by atoms with Crippen molar-refractivity contribution in [2.45, 2.75) is 56.4 Å². The molecular weight excluding hydrogens is 412 g/mol. The van der Waals surface area contributed by atoms with E-state index in [4.69, 9.17) is 4.74 Å². The molecule has 0 saturated carbocycles. The molecule has 0 aliphatic carbocycles. The van der Waals surface area contributed by atoms with Crippen molar-refractivity contribution in [1.82, 2.24) is 9.62 Å². The van der Waals surface area contributed by atoms with Crippen LogP contribution in [0.2, 0.25) is 0 Å². The number of sulfonamides is 1. The molecule has 168 valence electrons. The van der Waals surface area contributed by atoms with Crippen LogP contribution in [0.25, 0.3) is 0 Å². The lowest BCUT2D eigenvalue weighted by atomic mass is 10.0. The van der Waals surface area contributed by atoms with E-state index in [1.165, 1.54) is 9.87 Å². The Morgan fingerprint density at radius 2 is 1.68 bits per heavy atom. The molecule has 1 aliphatic heterocycles. The first-order chi connectivity index (χ1) is 14.9. The molecule has 1 heterocycles. The van der Waals surface area contributed by atoms with Crippen molar-refractivity contribution in [1.29, 1.82) is 0 Å². The molecule has 1 saturated heterocycles. The lowest BCUT2D eigenvalue weighted by molar-refractivity contribution is -0.122. The number of amides is 1. The van der Waals surface area contributed by atoms with E-state index in [9.17, 15) is 13.2 Å². The molecule has 1 aliphatic rings. The molecule has 31 heavy (non-hydrogen) atoms. The molecule has 6 nitrogen and oxygen atoms in total. The van der Waals surface area contributed by atoms with Crippen molar-refractivity contribution < 1.29 is 17.9 Å². The zero-order valence-electron chi connectivity index (χ0n) is 18.3.